The minimum atomic E-state index is 0.454. The maximum Gasteiger partial charge on any atom is 0.00698 e. The molecule has 0 heterocycles. The van der Waals surface area contributed by atoms with Crippen LogP contribution in [0, 0.1) is 35.0 Å². The molecule has 1 heteroatoms. The van der Waals surface area contributed by atoms with E-state index in [0.29, 0.717) is 11.5 Å². The largest absolute Gasteiger partial charge is 0.327 e. The zero-order valence-corrected chi connectivity index (χ0v) is 10.5. The molecule has 4 bridgehead atoms. The van der Waals surface area contributed by atoms with Crippen LogP contribution in [-0.2, 0) is 0 Å². The van der Waals surface area contributed by atoms with Crippen LogP contribution in [0.3, 0.4) is 0 Å². The molecule has 0 saturated heterocycles. The van der Waals surface area contributed by atoms with Crippen molar-refractivity contribution in [1.82, 2.24) is 0 Å². The highest BCUT2D eigenvalue weighted by atomic mass is 14.8. The first-order chi connectivity index (χ1) is 7.69. The van der Waals surface area contributed by atoms with Crippen LogP contribution < -0.4 is 5.73 Å². The zero-order valence-electron chi connectivity index (χ0n) is 10.5. The SMILES string of the molecule is CC(N)C1(C2C3CC4CC(C3)CC2C4)CC1. The first kappa shape index (κ1) is 9.94. The summed E-state index contributed by atoms with van der Waals surface area (Å²) in [6, 6.07) is 0.454. The number of hydrogen-bond acceptors (Lipinski definition) is 1. The van der Waals surface area contributed by atoms with Crippen LogP contribution in [0.25, 0.3) is 0 Å². The van der Waals surface area contributed by atoms with Crippen molar-refractivity contribution >= 4 is 0 Å². The Morgan fingerprint density at radius 2 is 1.44 bits per heavy atom. The summed E-state index contributed by atoms with van der Waals surface area (Å²) in [6.07, 6.45) is 10.7. The average Bonchev–Trinajstić information content (AvgIpc) is 2.97. The van der Waals surface area contributed by atoms with Crippen LogP contribution in [-0.4, -0.2) is 6.04 Å². The molecule has 0 radical (unpaired) electrons. The number of nitrogens with two attached hydrogens (primary N) is 1. The van der Waals surface area contributed by atoms with Gasteiger partial charge in [-0.25, -0.2) is 0 Å². The molecule has 0 spiro atoms. The van der Waals surface area contributed by atoms with Crippen LogP contribution in [0.2, 0.25) is 0 Å². The van der Waals surface area contributed by atoms with Crippen molar-refractivity contribution in [1.29, 1.82) is 0 Å². The second kappa shape index (κ2) is 3.04. The number of hydrogen-bond donors (Lipinski definition) is 1. The summed E-state index contributed by atoms with van der Waals surface area (Å²) in [5, 5.41) is 0. The second-order valence-electron chi connectivity index (χ2n) is 7.48. The molecule has 5 fully saturated rings. The van der Waals surface area contributed by atoms with E-state index in [4.69, 9.17) is 5.73 Å². The normalized spacial score (nSPS) is 54.0. The minimum Gasteiger partial charge on any atom is -0.327 e. The third-order valence-electron chi connectivity index (χ3n) is 6.62. The van der Waals surface area contributed by atoms with E-state index in [1.54, 1.807) is 32.1 Å². The van der Waals surface area contributed by atoms with Gasteiger partial charge in [0.25, 0.3) is 0 Å². The maximum absolute atomic E-state index is 6.31. The molecule has 2 N–H and O–H groups in total. The van der Waals surface area contributed by atoms with Gasteiger partial charge in [-0.15, -0.1) is 0 Å². The highest BCUT2D eigenvalue weighted by Crippen LogP contribution is 2.68. The van der Waals surface area contributed by atoms with Crippen LogP contribution >= 0.6 is 0 Å². The van der Waals surface area contributed by atoms with Crippen molar-refractivity contribution in [3.05, 3.63) is 0 Å². The van der Waals surface area contributed by atoms with Gasteiger partial charge in [-0.05, 0) is 86.9 Å². The Balaban J connectivity index is 1.65. The van der Waals surface area contributed by atoms with Gasteiger partial charge < -0.3 is 5.73 Å². The van der Waals surface area contributed by atoms with E-state index < -0.39 is 0 Å². The van der Waals surface area contributed by atoms with E-state index in [2.05, 4.69) is 6.92 Å². The summed E-state index contributed by atoms with van der Waals surface area (Å²) >= 11 is 0. The molecule has 0 aromatic heterocycles. The lowest BCUT2D eigenvalue weighted by Crippen LogP contribution is -2.51. The van der Waals surface area contributed by atoms with Crippen molar-refractivity contribution in [2.24, 2.45) is 40.7 Å². The second-order valence-corrected chi connectivity index (χ2v) is 7.48. The molecule has 0 aromatic rings. The van der Waals surface area contributed by atoms with E-state index in [9.17, 15) is 0 Å². The number of rotatable bonds is 2. The molecule has 90 valence electrons. The van der Waals surface area contributed by atoms with Crippen molar-refractivity contribution in [3.8, 4) is 0 Å². The van der Waals surface area contributed by atoms with Gasteiger partial charge in [-0.3, -0.25) is 0 Å². The highest BCUT2D eigenvalue weighted by molar-refractivity contribution is 5.12. The Morgan fingerprint density at radius 3 is 1.81 bits per heavy atom. The third-order valence-corrected chi connectivity index (χ3v) is 6.62. The minimum absolute atomic E-state index is 0.454. The van der Waals surface area contributed by atoms with Crippen LogP contribution in [0.1, 0.15) is 51.9 Å². The van der Waals surface area contributed by atoms with Crippen molar-refractivity contribution < 1.29 is 0 Å². The molecule has 0 aromatic carbocycles. The monoisotopic (exact) mass is 219 g/mol. The predicted molar refractivity (Wildman–Crippen MR) is 65.9 cm³/mol. The average molecular weight is 219 g/mol. The molecular weight excluding hydrogens is 194 g/mol. The Morgan fingerprint density at radius 1 is 0.938 bits per heavy atom. The Labute approximate surface area is 99.2 Å². The smallest absolute Gasteiger partial charge is 0.00698 e. The van der Waals surface area contributed by atoms with Gasteiger partial charge in [0.2, 0.25) is 0 Å². The topological polar surface area (TPSA) is 26.0 Å². The van der Waals surface area contributed by atoms with E-state index in [1.165, 1.54) is 12.8 Å². The zero-order chi connectivity index (χ0) is 10.9. The fourth-order valence-electron chi connectivity index (χ4n) is 6.10. The summed E-state index contributed by atoms with van der Waals surface area (Å²) in [4.78, 5) is 0. The van der Waals surface area contributed by atoms with Gasteiger partial charge in [0.15, 0.2) is 0 Å². The standard InChI is InChI=1S/C15H25N/c1-9(16)15(2-3-15)14-12-5-10-4-11(7-12)8-13(14)6-10/h9-14H,2-8,16H2,1H3. The first-order valence-electron chi connectivity index (χ1n) is 7.44. The third kappa shape index (κ3) is 1.16. The molecule has 1 nitrogen and oxygen atoms in total. The molecule has 5 saturated carbocycles. The molecule has 1 unspecified atom stereocenters. The summed E-state index contributed by atoms with van der Waals surface area (Å²) in [6.45, 7) is 2.28. The van der Waals surface area contributed by atoms with Gasteiger partial charge in [-0.2, -0.15) is 0 Å². The fourth-order valence-corrected chi connectivity index (χ4v) is 6.10. The molecule has 0 aliphatic heterocycles. The molecule has 16 heavy (non-hydrogen) atoms. The lowest BCUT2D eigenvalue weighted by Gasteiger charge is -2.57. The van der Waals surface area contributed by atoms with Crippen molar-refractivity contribution in [2.75, 3.05) is 0 Å². The van der Waals surface area contributed by atoms with E-state index >= 15 is 0 Å². The quantitative estimate of drug-likeness (QED) is 0.758. The summed E-state index contributed by atoms with van der Waals surface area (Å²) in [5.41, 5.74) is 6.91. The van der Waals surface area contributed by atoms with Gasteiger partial charge in [-0.1, -0.05) is 0 Å². The summed E-state index contributed by atoms with van der Waals surface area (Å²) in [7, 11) is 0. The Bertz CT molecular complexity index is 275. The van der Waals surface area contributed by atoms with Crippen molar-refractivity contribution in [3.63, 3.8) is 0 Å². The predicted octanol–water partition coefficient (Wildman–Crippen LogP) is 3.19. The van der Waals surface area contributed by atoms with Gasteiger partial charge in [0.1, 0.15) is 0 Å². The van der Waals surface area contributed by atoms with Crippen LogP contribution in [0.15, 0.2) is 0 Å². The van der Waals surface area contributed by atoms with Crippen LogP contribution in [0.5, 0.6) is 0 Å². The molecule has 5 rings (SSSR count). The maximum atomic E-state index is 6.31. The molecule has 5 aliphatic rings. The highest BCUT2D eigenvalue weighted by Gasteiger charge is 2.61. The van der Waals surface area contributed by atoms with E-state index in [0.717, 1.165) is 29.6 Å². The lowest BCUT2D eigenvalue weighted by molar-refractivity contribution is -0.0729. The van der Waals surface area contributed by atoms with Gasteiger partial charge >= 0.3 is 0 Å². The van der Waals surface area contributed by atoms with Crippen LogP contribution in [0.4, 0.5) is 0 Å². The summed E-state index contributed by atoms with van der Waals surface area (Å²) < 4.78 is 0. The Hall–Kier alpha value is -0.0400. The molecule has 1 atom stereocenters. The first-order valence-corrected chi connectivity index (χ1v) is 7.44. The lowest BCUT2D eigenvalue weighted by atomic mass is 9.48. The molecular formula is C15H25N. The van der Waals surface area contributed by atoms with Gasteiger partial charge in [0.05, 0.1) is 0 Å². The van der Waals surface area contributed by atoms with Gasteiger partial charge in [0, 0.05) is 6.04 Å². The van der Waals surface area contributed by atoms with Crippen molar-refractivity contribution in [2.45, 2.75) is 57.9 Å². The summed E-state index contributed by atoms with van der Waals surface area (Å²) in [5.74, 6) is 5.40. The molecule has 0 amide bonds. The molecule has 5 aliphatic carbocycles. The Kier molecular flexibility index (Phi) is 1.89. The van der Waals surface area contributed by atoms with E-state index in [1.807, 2.05) is 0 Å². The van der Waals surface area contributed by atoms with E-state index in [-0.39, 0.29) is 0 Å². The fraction of sp³-hybridized carbons (Fsp3) is 1.00.